The molecule has 0 saturated carbocycles. The summed E-state index contributed by atoms with van der Waals surface area (Å²) in [5.41, 5.74) is 5.23. The van der Waals surface area contributed by atoms with Gasteiger partial charge in [-0.2, -0.15) is 0 Å². The first-order chi connectivity index (χ1) is 6.10. The Morgan fingerprint density at radius 1 is 1.57 bits per heavy atom. The zero-order valence-electron chi connectivity index (χ0n) is 7.69. The van der Waals surface area contributed by atoms with E-state index < -0.39 is 18.2 Å². The number of halogens is 1. The zero-order chi connectivity index (χ0) is 10.3. The Morgan fingerprint density at radius 3 is 2.57 bits per heavy atom. The van der Waals surface area contributed by atoms with Gasteiger partial charge < -0.3 is 15.2 Å². The fourth-order valence-electron chi connectivity index (χ4n) is 0.520. The van der Waals surface area contributed by atoms with E-state index in [0.717, 1.165) is 0 Å². The van der Waals surface area contributed by atoms with Crippen molar-refractivity contribution in [3.63, 3.8) is 0 Å². The molecule has 0 unspecified atom stereocenters. The SMILES string of the molecule is C#C[C@@H](N)CC(=O)OC(=O)OCC.Cl. The molecule has 0 aliphatic carbocycles. The predicted octanol–water partition coefficient (Wildman–Crippen LogP) is 0.459. The summed E-state index contributed by atoms with van der Waals surface area (Å²) in [6.45, 7) is 1.74. The van der Waals surface area contributed by atoms with Crippen molar-refractivity contribution in [1.82, 2.24) is 0 Å². The maximum Gasteiger partial charge on any atom is 0.516 e. The van der Waals surface area contributed by atoms with Crippen molar-refractivity contribution < 1.29 is 19.1 Å². The molecule has 0 bridgehead atoms. The maximum atomic E-state index is 10.8. The van der Waals surface area contributed by atoms with Crippen LogP contribution in [0.2, 0.25) is 0 Å². The molecule has 1 atom stereocenters. The highest BCUT2D eigenvalue weighted by molar-refractivity contribution is 5.85. The quantitative estimate of drug-likeness (QED) is 0.426. The van der Waals surface area contributed by atoms with Crippen molar-refractivity contribution in [2.24, 2.45) is 5.73 Å². The Kier molecular flexibility index (Phi) is 9.09. The molecule has 0 aromatic carbocycles. The number of terminal acetylenes is 1. The minimum atomic E-state index is -1.03. The van der Waals surface area contributed by atoms with Crippen LogP contribution < -0.4 is 5.73 Å². The molecule has 0 spiro atoms. The van der Waals surface area contributed by atoms with E-state index in [-0.39, 0.29) is 25.4 Å². The molecule has 0 rings (SSSR count). The van der Waals surface area contributed by atoms with Gasteiger partial charge in [-0.1, -0.05) is 5.92 Å². The maximum absolute atomic E-state index is 10.8. The molecule has 0 aromatic rings. The van der Waals surface area contributed by atoms with Crippen LogP contribution in [0.3, 0.4) is 0 Å². The second-order valence-corrected chi connectivity index (χ2v) is 2.13. The van der Waals surface area contributed by atoms with Gasteiger partial charge in [0, 0.05) is 0 Å². The van der Waals surface area contributed by atoms with Crippen LogP contribution in [0.4, 0.5) is 4.79 Å². The van der Waals surface area contributed by atoms with Crippen LogP contribution in [-0.4, -0.2) is 24.8 Å². The van der Waals surface area contributed by atoms with Gasteiger partial charge >= 0.3 is 12.1 Å². The monoisotopic (exact) mass is 221 g/mol. The lowest BCUT2D eigenvalue weighted by molar-refractivity contribution is -0.139. The van der Waals surface area contributed by atoms with Crippen LogP contribution in [0.5, 0.6) is 0 Å². The highest BCUT2D eigenvalue weighted by Crippen LogP contribution is 1.93. The summed E-state index contributed by atoms with van der Waals surface area (Å²) in [4.78, 5) is 21.4. The number of hydrogen-bond donors (Lipinski definition) is 1. The summed E-state index contributed by atoms with van der Waals surface area (Å²) in [6, 6.07) is -0.734. The van der Waals surface area contributed by atoms with Crippen LogP contribution in [-0.2, 0) is 14.3 Å². The summed E-state index contributed by atoms with van der Waals surface area (Å²) in [6.07, 6.45) is 3.68. The topological polar surface area (TPSA) is 78.6 Å². The van der Waals surface area contributed by atoms with E-state index in [1.165, 1.54) is 0 Å². The number of carbonyl (C=O) groups excluding carboxylic acids is 2. The van der Waals surface area contributed by atoms with Crippen molar-refractivity contribution in [3.8, 4) is 12.3 Å². The van der Waals surface area contributed by atoms with Crippen LogP contribution >= 0.6 is 12.4 Å². The largest absolute Gasteiger partial charge is 0.516 e. The number of ether oxygens (including phenoxy) is 2. The third-order valence-corrected chi connectivity index (χ3v) is 1.06. The van der Waals surface area contributed by atoms with Gasteiger partial charge in [0.15, 0.2) is 0 Å². The fraction of sp³-hybridized carbons (Fsp3) is 0.500. The third-order valence-electron chi connectivity index (χ3n) is 1.06. The average molecular weight is 222 g/mol. The molecular formula is C8H12ClNO4. The molecule has 80 valence electrons. The lowest BCUT2D eigenvalue weighted by Crippen LogP contribution is -2.24. The minimum absolute atomic E-state index is 0. The van der Waals surface area contributed by atoms with Gasteiger partial charge in [0.05, 0.1) is 19.1 Å². The van der Waals surface area contributed by atoms with E-state index in [4.69, 9.17) is 12.2 Å². The molecule has 0 fully saturated rings. The van der Waals surface area contributed by atoms with E-state index in [2.05, 4.69) is 15.4 Å². The average Bonchev–Trinajstić information content (AvgIpc) is 2.04. The van der Waals surface area contributed by atoms with Gasteiger partial charge in [0.2, 0.25) is 0 Å². The van der Waals surface area contributed by atoms with E-state index in [1.54, 1.807) is 6.92 Å². The van der Waals surface area contributed by atoms with Crippen LogP contribution in [0, 0.1) is 12.3 Å². The summed E-state index contributed by atoms with van der Waals surface area (Å²) in [5.74, 6) is 1.34. The molecular weight excluding hydrogens is 210 g/mol. The first kappa shape index (κ1) is 15.2. The molecule has 0 heterocycles. The van der Waals surface area contributed by atoms with Gasteiger partial charge in [-0.15, -0.1) is 18.8 Å². The molecule has 0 saturated heterocycles. The summed E-state index contributed by atoms with van der Waals surface area (Å²) < 4.78 is 8.54. The van der Waals surface area contributed by atoms with E-state index >= 15 is 0 Å². The third kappa shape index (κ3) is 7.40. The van der Waals surface area contributed by atoms with Crippen molar-refractivity contribution >= 4 is 24.5 Å². The van der Waals surface area contributed by atoms with E-state index in [1.807, 2.05) is 0 Å². The Morgan fingerprint density at radius 2 is 2.14 bits per heavy atom. The number of rotatable bonds is 3. The van der Waals surface area contributed by atoms with Crippen molar-refractivity contribution in [2.75, 3.05) is 6.61 Å². The summed E-state index contributed by atoms with van der Waals surface area (Å²) in [5, 5.41) is 0. The fourth-order valence-corrected chi connectivity index (χ4v) is 0.520. The normalized spacial score (nSPS) is 10.4. The molecule has 2 N–H and O–H groups in total. The molecule has 6 heteroatoms. The number of esters is 1. The second kappa shape index (κ2) is 8.35. The second-order valence-electron chi connectivity index (χ2n) is 2.13. The Labute approximate surface area is 88.3 Å². The van der Waals surface area contributed by atoms with Crippen LogP contribution in [0.15, 0.2) is 0 Å². The number of carbonyl (C=O) groups is 2. The molecule has 5 nitrogen and oxygen atoms in total. The molecule has 14 heavy (non-hydrogen) atoms. The number of hydrogen-bond acceptors (Lipinski definition) is 5. The van der Waals surface area contributed by atoms with Gasteiger partial charge in [0.25, 0.3) is 0 Å². The molecule has 0 aliphatic heterocycles. The standard InChI is InChI=1S/C8H11NO4.ClH/c1-3-6(9)5-7(10)13-8(11)12-4-2;/h1,6H,4-5,9H2,2H3;1H/t6-;/m1./s1. The molecule has 0 aliphatic rings. The molecule has 0 radical (unpaired) electrons. The lowest BCUT2D eigenvalue weighted by Gasteiger charge is -2.03. The summed E-state index contributed by atoms with van der Waals surface area (Å²) >= 11 is 0. The Balaban J connectivity index is 0. The van der Waals surface area contributed by atoms with Crippen molar-refractivity contribution in [3.05, 3.63) is 0 Å². The number of nitrogens with two attached hydrogens (primary N) is 1. The highest BCUT2D eigenvalue weighted by atomic mass is 35.5. The van der Waals surface area contributed by atoms with E-state index in [9.17, 15) is 9.59 Å². The highest BCUT2D eigenvalue weighted by Gasteiger charge is 2.13. The van der Waals surface area contributed by atoms with Gasteiger partial charge in [-0.3, -0.25) is 4.79 Å². The smallest absolute Gasteiger partial charge is 0.434 e. The predicted molar refractivity (Wildman–Crippen MR) is 51.8 cm³/mol. The van der Waals surface area contributed by atoms with Gasteiger partial charge in [0.1, 0.15) is 0 Å². The van der Waals surface area contributed by atoms with Crippen molar-refractivity contribution in [1.29, 1.82) is 0 Å². The van der Waals surface area contributed by atoms with Crippen LogP contribution in [0.1, 0.15) is 13.3 Å². The van der Waals surface area contributed by atoms with Crippen LogP contribution in [0.25, 0.3) is 0 Å². The van der Waals surface area contributed by atoms with Crippen molar-refractivity contribution in [2.45, 2.75) is 19.4 Å². The zero-order valence-corrected chi connectivity index (χ0v) is 8.50. The summed E-state index contributed by atoms with van der Waals surface area (Å²) in [7, 11) is 0. The van der Waals surface area contributed by atoms with E-state index in [0.29, 0.717) is 0 Å². The Hall–Kier alpha value is -1.25. The van der Waals surface area contributed by atoms with Gasteiger partial charge in [-0.25, -0.2) is 4.79 Å². The minimum Gasteiger partial charge on any atom is -0.434 e. The Bertz CT molecular complexity index is 236. The first-order valence-corrected chi connectivity index (χ1v) is 3.69. The molecule has 0 aromatic heterocycles. The molecule has 0 amide bonds. The van der Waals surface area contributed by atoms with Gasteiger partial charge in [-0.05, 0) is 6.92 Å². The first-order valence-electron chi connectivity index (χ1n) is 3.69. The lowest BCUT2D eigenvalue weighted by atomic mass is 10.2.